The lowest BCUT2D eigenvalue weighted by atomic mass is 10.0. The molecule has 21 heavy (non-hydrogen) atoms. The van der Waals surface area contributed by atoms with Crippen LogP contribution < -0.4 is 5.32 Å². The second-order valence-corrected chi connectivity index (χ2v) is 6.73. The Hall–Kier alpha value is -0.0900. The molecule has 1 aromatic carbocycles. The fourth-order valence-electron chi connectivity index (χ4n) is 2.46. The van der Waals surface area contributed by atoms with Crippen molar-refractivity contribution in [3.63, 3.8) is 0 Å². The zero-order chi connectivity index (χ0) is 15.7. The Labute approximate surface area is 143 Å². The quantitative estimate of drug-likeness (QED) is 0.635. The van der Waals surface area contributed by atoms with Gasteiger partial charge in [0.25, 0.3) is 0 Å². The molecule has 120 valence electrons. The molecule has 0 aliphatic heterocycles. The van der Waals surface area contributed by atoms with Crippen LogP contribution in [0, 0.1) is 0 Å². The van der Waals surface area contributed by atoms with Crippen molar-refractivity contribution in [3.05, 3.63) is 33.3 Å². The molecule has 0 aliphatic rings. The van der Waals surface area contributed by atoms with Gasteiger partial charge in [-0.05, 0) is 63.1 Å². The molecule has 1 rings (SSSR count). The maximum atomic E-state index is 6.36. The highest BCUT2D eigenvalue weighted by Crippen LogP contribution is 2.23. The van der Waals surface area contributed by atoms with Crippen molar-refractivity contribution >= 4 is 27.5 Å². The van der Waals surface area contributed by atoms with Crippen LogP contribution in [-0.2, 0) is 6.42 Å². The van der Waals surface area contributed by atoms with Gasteiger partial charge in [-0.1, -0.05) is 54.4 Å². The summed E-state index contributed by atoms with van der Waals surface area (Å²) in [6.45, 7) is 11.1. The van der Waals surface area contributed by atoms with E-state index < -0.39 is 0 Å². The maximum absolute atomic E-state index is 6.36. The topological polar surface area (TPSA) is 15.3 Å². The van der Waals surface area contributed by atoms with Crippen molar-refractivity contribution in [3.8, 4) is 0 Å². The molecule has 1 N–H and O–H groups in total. The molecule has 4 heteroatoms. The summed E-state index contributed by atoms with van der Waals surface area (Å²) in [4.78, 5) is 2.48. The van der Waals surface area contributed by atoms with Gasteiger partial charge in [-0.15, -0.1) is 0 Å². The summed E-state index contributed by atoms with van der Waals surface area (Å²) in [5, 5.41) is 4.52. The predicted octanol–water partition coefficient (Wildman–Crippen LogP) is 4.75. The average molecular weight is 376 g/mol. The molecule has 0 radical (unpaired) electrons. The van der Waals surface area contributed by atoms with Crippen LogP contribution in [0.1, 0.15) is 39.2 Å². The first-order valence-corrected chi connectivity index (χ1v) is 9.17. The number of hydrogen-bond acceptors (Lipinski definition) is 2. The Morgan fingerprint density at radius 3 is 2.52 bits per heavy atom. The monoisotopic (exact) mass is 374 g/mol. The highest BCUT2D eigenvalue weighted by Gasteiger charge is 2.12. The van der Waals surface area contributed by atoms with E-state index in [4.69, 9.17) is 11.6 Å². The molecule has 0 saturated carbocycles. The molecule has 0 aromatic heterocycles. The van der Waals surface area contributed by atoms with Gasteiger partial charge >= 0.3 is 0 Å². The van der Waals surface area contributed by atoms with E-state index >= 15 is 0 Å². The fourth-order valence-corrected chi connectivity index (χ4v) is 3.21. The van der Waals surface area contributed by atoms with Crippen LogP contribution in [0.15, 0.2) is 22.7 Å². The number of halogens is 2. The summed E-state index contributed by atoms with van der Waals surface area (Å²) in [6.07, 6.45) is 3.32. The molecule has 1 aromatic rings. The molecule has 0 aliphatic carbocycles. The zero-order valence-electron chi connectivity index (χ0n) is 13.5. The third-order valence-corrected chi connectivity index (χ3v) is 4.70. The average Bonchev–Trinajstić information content (AvgIpc) is 2.47. The van der Waals surface area contributed by atoms with Gasteiger partial charge in [0, 0.05) is 15.5 Å². The van der Waals surface area contributed by atoms with Crippen molar-refractivity contribution in [1.82, 2.24) is 10.2 Å². The van der Waals surface area contributed by atoms with Gasteiger partial charge in [-0.2, -0.15) is 0 Å². The third-order valence-electron chi connectivity index (χ3n) is 3.85. The summed E-state index contributed by atoms with van der Waals surface area (Å²) >= 11 is 9.82. The van der Waals surface area contributed by atoms with Gasteiger partial charge in [-0.25, -0.2) is 0 Å². The molecule has 1 atom stereocenters. The van der Waals surface area contributed by atoms with Crippen molar-refractivity contribution in [1.29, 1.82) is 0 Å². The van der Waals surface area contributed by atoms with Crippen LogP contribution >= 0.6 is 27.5 Å². The smallest absolute Gasteiger partial charge is 0.0449 e. The summed E-state index contributed by atoms with van der Waals surface area (Å²) in [7, 11) is 0. The number of nitrogens with zero attached hydrogens (tertiary/aromatic N) is 1. The number of benzene rings is 1. The van der Waals surface area contributed by atoms with Gasteiger partial charge in [0.15, 0.2) is 0 Å². The SMILES string of the molecule is CCCNC(CCN(CC)CC)Cc1ccc(Br)cc1Cl. The molecule has 0 amide bonds. The normalized spacial score (nSPS) is 12.9. The Bertz CT molecular complexity index is 408. The lowest BCUT2D eigenvalue weighted by Gasteiger charge is -2.24. The molecule has 1 unspecified atom stereocenters. The molecule has 0 bridgehead atoms. The van der Waals surface area contributed by atoms with Gasteiger partial charge in [-0.3, -0.25) is 0 Å². The molecule has 2 nitrogen and oxygen atoms in total. The summed E-state index contributed by atoms with van der Waals surface area (Å²) in [5.74, 6) is 0. The molecule has 0 saturated heterocycles. The lowest BCUT2D eigenvalue weighted by molar-refractivity contribution is 0.280. The zero-order valence-corrected chi connectivity index (χ0v) is 15.8. The first kappa shape index (κ1) is 19.0. The van der Waals surface area contributed by atoms with Crippen molar-refractivity contribution in [2.75, 3.05) is 26.2 Å². The summed E-state index contributed by atoms with van der Waals surface area (Å²) < 4.78 is 1.04. The van der Waals surface area contributed by atoms with Gasteiger partial charge in [0.2, 0.25) is 0 Å². The summed E-state index contributed by atoms with van der Waals surface area (Å²) in [6, 6.07) is 6.68. The van der Waals surface area contributed by atoms with Crippen molar-refractivity contribution in [2.45, 2.75) is 46.1 Å². The molecule has 0 spiro atoms. The van der Waals surface area contributed by atoms with E-state index in [2.05, 4.69) is 59.1 Å². The minimum atomic E-state index is 0.490. The van der Waals surface area contributed by atoms with E-state index in [0.717, 1.165) is 54.9 Å². The van der Waals surface area contributed by atoms with Crippen LogP contribution in [0.5, 0.6) is 0 Å². The largest absolute Gasteiger partial charge is 0.314 e. The highest BCUT2D eigenvalue weighted by molar-refractivity contribution is 9.10. The Morgan fingerprint density at radius 2 is 1.95 bits per heavy atom. The van der Waals surface area contributed by atoms with Crippen LogP contribution in [0.2, 0.25) is 5.02 Å². The van der Waals surface area contributed by atoms with Crippen molar-refractivity contribution in [2.24, 2.45) is 0 Å². The predicted molar refractivity (Wildman–Crippen MR) is 97.3 cm³/mol. The third kappa shape index (κ3) is 7.14. The van der Waals surface area contributed by atoms with E-state index in [0.29, 0.717) is 6.04 Å². The van der Waals surface area contributed by atoms with E-state index in [-0.39, 0.29) is 0 Å². The minimum Gasteiger partial charge on any atom is -0.314 e. The molecule has 0 heterocycles. The molecular weight excluding hydrogens is 348 g/mol. The van der Waals surface area contributed by atoms with Gasteiger partial charge < -0.3 is 10.2 Å². The first-order chi connectivity index (χ1) is 10.1. The van der Waals surface area contributed by atoms with E-state index in [9.17, 15) is 0 Å². The Morgan fingerprint density at radius 1 is 1.24 bits per heavy atom. The second kappa shape index (κ2) is 10.6. The van der Waals surface area contributed by atoms with Gasteiger partial charge in [0.05, 0.1) is 0 Å². The number of rotatable bonds is 10. The van der Waals surface area contributed by atoms with Crippen LogP contribution in [0.4, 0.5) is 0 Å². The van der Waals surface area contributed by atoms with Gasteiger partial charge in [0.1, 0.15) is 0 Å². The number of nitrogens with one attached hydrogen (secondary N) is 1. The molecular formula is C17H28BrClN2. The minimum absolute atomic E-state index is 0.490. The Balaban J connectivity index is 2.63. The van der Waals surface area contributed by atoms with Crippen LogP contribution in [0.25, 0.3) is 0 Å². The number of hydrogen-bond donors (Lipinski definition) is 1. The van der Waals surface area contributed by atoms with Crippen LogP contribution in [-0.4, -0.2) is 37.1 Å². The summed E-state index contributed by atoms with van der Waals surface area (Å²) in [5.41, 5.74) is 1.23. The van der Waals surface area contributed by atoms with E-state index in [1.165, 1.54) is 5.56 Å². The van der Waals surface area contributed by atoms with Crippen molar-refractivity contribution < 1.29 is 0 Å². The van der Waals surface area contributed by atoms with E-state index in [1.54, 1.807) is 0 Å². The fraction of sp³-hybridized carbons (Fsp3) is 0.647. The first-order valence-electron chi connectivity index (χ1n) is 8.00. The standard InChI is InChI=1S/C17H28BrClN2/c1-4-10-20-16(9-11-21(5-2)6-3)12-14-7-8-15(18)13-17(14)19/h7-8,13,16,20H,4-6,9-12H2,1-3H3. The highest BCUT2D eigenvalue weighted by atomic mass is 79.9. The lowest BCUT2D eigenvalue weighted by Crippen LogP contribution is -2.36. The second-order valence-electron chi connectivity index (χ2n) is 5.41. The van der Waals surface area contributed by atoms with E-state index in [1.807, 2.05) is 6.07 Å². The maximum Gasteiger partial charge on any atom is 0.0449 e. The Kier molecular flexibility index (Phi) is 9.57. The van der Waals surface area contributed by atoms with Crippen LogP contribution in [0.3, 0.4) is 0 Å². The molecule has 0 fully saturated rings.